The number of carbonyl (C=O) groups is 1. The zero-order valence-corrected chi connectivity index (χ0v) is 19.8. The molecule has 0 radical (unpaired) electrons. The molecule has 1 spiro atoms. The van der Waals surface area contributed by atoms with Gasteiger partial charge in [-0.05, 0) is 18.2 Å². The van der Waals surface area contributed by atoms with Gasteiger partial charge in [-0.15, -0.1) is 0 Å². The zero-order valence-electron chi connectivity index (χ0n) is 18.2. The number of thioether (sulfide) groups is 1. The molecular weight excluding hydrogens is 464 g/mol. The van der Waals surface area contributed by atoms with Gasteiger partial charge in [-0.1, -0.05) is 30.0 Å². The Morgan fingerprint density at radius 3 is 2.73 bits per heavy atom. The fraction of sp³-hybridized carbons (Fsp3) is 0.455. The minimum atomic E-state index is -0.535. The second-order valence-electron chi connectivity index (χ2n) is 8.00. The highest BCUT2D eigenvalue weighted by Gasteiger charge is 2.41. The summed E-state index contributed by atoms with van der Waals surface area (Å²) in [6, 6.07) is 5.42. The second-order valence-corrected chi connectivity index (χ2v) is 9.68. The largest absolute Gasteiger partial charge is 0.383 e. The molecule has 5 heterocycles. The van der Waals surface area contributed by atoms with Crippen molar-refractivity contribution in [2.24, 2.45) is 0 Å². The van der Waals surface area contributed by atoms with Crippen LogP contribution in [0.5, 0.6) is 0 Å². The predicted molar refractivity (Wildman–Crippen MR) is 129 cm³/mol. The van der Waals surface area contributed by atoms with Gasteiger partial charge >= 0.3 is 0 Å². The van der Waals surface area contributed by atoms with Crippen LogP contribution in [0.2, 0.25) is 0 Å². The van der Waals surface area contributed by atoms with Gasteiger partial charge in [-0.25, -0.2) is 4.98 Å². The lowest BCUT2D eigenvalue weighted by molar-refractivity contribution is -0.169. The van der Waals surface area contributed by atoms with Crippen LogP contribution < -0.4 is 10.5 Å². The molecule has 3 fully saturated rings. The lowest BCUT2D eigenvalue weighted by atomic mass is 10.0. The highest BCUT2D eigenvalue weighted by molar-refractivity contribution is 8.26. The molecule has 5 rings (SSSR count). The van der Waals surface area contributed by atoms with Crippen LogP contribution in [-0.4, -0.2) is 76.9 Å². The number of methoxy groups -OCH3 is 1. The minimum Gasteiger partial charge on any atom is -0.383 e. The Hall–Kier alpha value is -2.31. The molecule has 0 aromatic carbocycles. The lowest BCUT2D eigenvalue weighted by Crippen LogP contribution is -2.46. The fourth-order valence-electron chi connectivity index (χ4n) is 4.31. The van der Waals surface area contributed by atoms with E-state index in [2.05, 4.69) is 4.90 Å². The fourth-order valence-corrected chi connectivity index (χ4v) is 5.60. The van der Waals surface area contributed by atoms with Crippen molar-refractivity contribution < 1.29 is 19.0 Å². The number of hydrogen-bond acceptors (Lipinski definition) is 9. The predicted octanol–water partition coefficient (Wildman–Crippen LogP) is 1.89. The number of nitrogens with zero attached hydrogens (tertiary/aromatic N) is 4. The Morgan fingerprint density at radius 2 is 2.00 bits per heavy atom. The average molecular weight is 489 g/mol. The van der Waals surface area contributed by atoms with E-state index in [1.807, 2.05) is 6.07 Å². The van der Waals surface area contributed by atoms with Crippen LogP contribution in [0.15, 0.2) is 34.1 Å². The first kappa shape index (κ1) is 22.5. The Morgan fingerprint density at radius 1 is 1.24 bits per heavy atom. The molecule has 9 nitrogen and oxygen atoms in total. The zero-order chi connectivity index (χ0) is 23.0. The highest BCUT2D eigenvalue weighted by atomic mass is 32.2. The topological polar surface area (TPSA) is 85.6 Å². The number of rotatable bonds is 5. The van der Waals surface area contributed by atoms with E-state index < -0.39 is 5.79 Å². The smallest absolute Gasteiger partial charge is 0.267 e. The SMILES string of the molecule is COCCN1C(=O)C(=Cc2c(N3CCC4(CC3)OCCO4)nc3ccccn3c2=O)SC1=S. The van der Waals surface area contributed by atoms with Crippen molar-refractivity contribution in [3.8, 4) is 0 Å². The molecule has 3 saturated heterocycles. The van der Waals surface area contributed by atoms with E-state index >= 15 is 0 Å². The molecule has 0 saturated carbocycles. The average Bonchev–Trinajstić information content (AvgIpc) is 3.39. The third kappa shape index (κ3) is 4.19. The summed E-state index contributed by atoms with van der Waals surface area (Å²) in [5.41, 5.74) is 0.692. The third-order valence-corrected chi connectivity index (χ3v) is 7.43. The van der Waals surface area contributed by atoms with E-state index in [1.54, 1.807) is 31.5 Å². The van der Waals surface area contributed by atoms with Crippen LogP contribution in [0, 0.1) is 0 Å². The monoisotopic (exact) mass is 488 g/mol. The van der Waals surface area contributed by atoms with Crippen molar-refractivity contribution in [3.63, 3.8) is 0 Å². The Bertz CT molecular complexity index is 1180. The van der Waals surface area contributed by atoms with E-state index in [0.29, 0.717) is 78.6 Å². The first-order valence-corrected chi connectivity index (χ1v) is 12.0. The maximum absolute atomic E-state index is 13.5. The molecule has 0 bridgehead atoms. The quantitative estimate of drug-likeness (QED) is 0.463. The molecule has 11 heteroatoms. The van der Waals surface area contributed by atoms with Crippen molar-refractivity contribution in [1.82, 2.24) is 14.3 Å². The molecule has 3 aliphatic heterocycles. The molecule has 33 heavy (non-hydrogen) atoms. The molecule has 0 unspecified atom stereocenters. The summed E-state index contributed by atoms with van der Waals surface area (Å²) < 4.78 is 18.7. The minimum absolute atomic E-state index is 0.226. The molecule has 0 aliphatic carbocycles. The molecule has 174 valence electrons. The van der Waals surface area contributed by atoms with E-state index in [1.165, 1.54) is 21.1 Å². The standard InChI is InChI=1S/C22H24N4O5S2/c1-29-11-10-26-20(28)16(33-21(26)32)14-15-18(23-17-4-2-3-7-25(17)19(15)27)24-8-5-22(6-9-24)30-12-13-31-22/h2-4,7,14H,5-6,8-13H2,1H3. The Kier molecular flexibility index (Phi) is 6.23. The molecule has 2 aromatic heterocycles. The molecule has 0 atom stereocenters. The van der Waals surface area contributed by atoms with Crippen LogP contribution >= 0.6 is 24.0 Å². The molecule has 2 aromatic rings. The third-order valence-electron chi connectivity index (χ3n) is 6.06. The van der Waals surface area contributed by atoms with Crippen LogP contribution in [0.1, 0.15) is 18.4 Å². The summed E-state index contributed by atoms with van der Waals surface area (Å²) in [7, 11) is 1.58. The summed E-state index contributed by atoms with van der Waals surface area (Å²) in [5.74, 6) is -0.205. The molecule has 1 amide bonds. The number of piperidine rings is 1. The summed E-state index contributed by atoms with van der Waals surface area (Å²) in [5, 5.41) is 0. The van der Waals surface area contributed by atoms with Crippen LogP contribution in [-0.2, 0) is 19.0 Å². The van der Waals surface area contributed by atoms with Gasteiger partial charge in [0.2, 0.25) is 0 Å². The van der Waals surface area contributed by atoms with Gasteiger partial charge in [0.15, 0.2) is 5.79 Å². The maximum Gasteiger partial charge on any atom is 0.267 e. The van der Waals surface area contributed by atoms with E-state index in [4.69, 9.17) is 31.4 Å². The molecular formula is C22H24N4O5S2. The summed E-state index contributed by atoms with van der Waals surface area (Å²) >= 11 is 6.58. The number of pyridine rings is 1. The lowest BCUT2D eigenvalue weighted by Gasteiger charge is -2.38. The number of hydrogen-bond donors (Lipinski definition) is 0. The second kappa shape index (κ2) is 9.15. The Balaban J connectivity index is 1.53. The number of carbonyl (C=O) groups excluding carboxylic acids is 1. The van der Waals surface area contributed by atoms with Gasteiger partial charge in [0.25, 0.3) is 11.5 Å². The molecule has 0 N–H and O–H groups in total. The first-order valence-electron chi connectivity index (χ1n) is 10.8. The highest BCUT2D eigenvalue weighted by Crippen LogP contribution is 2.36. The Labute approximate surface area is 200 Å². The maximum atomic E-state index is 13.5. The van der Waals surface area contributed by atoms with Crippen molar-refractivity contribution in [3.05, 3.63) is 45.2 Å². The van der Waals surface area contributed by atoms with Crippen LogP contribution in [0.3, 0.4) is 0 Å². The molecule has 3 aliphatic rings. The normalized spacial score (nSPS) is 21.8. The first-order chi connectivity index (χ1) is 16.0. The van der Waals surface area contributed by atoms with Gasteiger partial charge in [-0.2, -0.15) is 0 Å². The van der Waals surface area contributed by atoms with Gasteiger partial charge in [0.05, 0.1) is 36.8 Å². The van der Waals surface area contributed by atoms with Crippen LogP contribution in [0.25, 0.3) is 11.7 Å². The van der Waals surface area contributed by atoms with Crippen molar-refractivity contribution >= 4 is 51.7 Å². The van der Waals surface area contributed by atoms with Crippen molar-refractivity contribution in [2.75, 3.05) is 51.5 Å². The number of thiocarbonyl (C=S) groups is 1. The van der Waals surface area contributed by atoms with E-state index in [9.17, 15) is 9.59 Å². The summed E-state index contributed by atoms with van der Waals surface area (Å²) in [6.07, 6.45) is 4.67. The number of ether oxygens (including phenoxy) is 3. The number of fused-ring (bicyclic) bond motifs is 1. The van der Waals surface area contributed by atoms with Gasteiger partial charge in [0.1, 0.15) is 15.8 Å². The number of amides is 1. The summed E-state index contributed by atoms with van der Waals surface area (Å²) in [4.78, 5) is 35.2. The number of anilines is 1. The van der Waals surface area contributed by atoms with E-state index in [-0.39, 0.29) is 11.5 Å². The number of aromatic nitrogens is 2. The van der Waals surface area contributed by atoms with Gasteiger partial charge < -0.3 is 19.1 Å². The van der Waals surface area contributed by atoms with Crippen LogP contribution in [0.4, 0.5) is 5.82 Å². The van der Waals surface area contributed by atoms with Crippen molar-refractivity contribution in [1.29, 1.82) is 0 Å². The van der Waals surface area contributed by atoms with E-state index in [0.717, 1.165) is 0 Å². The van der Waals surface area contributed by atoms with Gasteiger partial charge in [0, 0.05) is 39.2 Å². The van der Waals surface area contributed by atoms with Gasteiger partial charge in [-0.3, -0.25) is 18.9 Å². The van der Waals surface area contributed by atoms with Crippen molar-refractivity contribution in [2.45, 2.75) is 18.6 Å². The summed E-state index contributed by atoms with van der Waals surface area (Å²) in [6.45, 7) is 3.22.